The first-order chi connectivity index (χ1) is 12.5. The Kier molecular flexibility index (Phi) is 6.06. The van der Waals surface area contributed by atoms with Crippen LogP contribution < -0.4 is 10.1 Å². The number of hydrogen-bond donors (Lipinski definition) is 1. The Hall–Kier alpha value is -2.18. The van der Waals surface area contributed by atoms with Gasteiger partial charge in [-0.15, -0.1) is 11.3 Å². The van der Waals surface area contributed by atoms with Crippen molar-refractivity contribution in [2.75, 3.05) is 0 Å². The molecule has 3 rings (SSSR count). The van der Waals surface area contributed by atoms with Crippen LogP contribution in [-0.2, 0) is 6.61 Å². The van der Waals surface area contributed by atoms with Gasteiger partial charge >= 0.3 is 0 Å². The lowest BCUT2D eigenvalue weighted by Crippen LogP contribution is -2.27. The molecular weight excluding hydrogens is 412 g/mol. The summed E-state index contributed by atoms with van der Waals surface area (Å²) < 4.78 is 6.81. The lowest BCUT2D eigenvalue weighted by Gasteiger charge is -2.17. The molecule has 6 heteroatoms. The second-order valence-electron chi connectivity index (χ2n) is 5.86. The highest BCUT2D eigenvalue weighted by Gasteiger charge is 2.17. The van der Waals surface area contributed by atoms with Gasteiger partial charge in [0.25, 0.3) is 5.91 Å². The third-order valence-electron chi connectivity index (χ3n) is 3.89. The zero-order valence-corrected chi connectivity index (χ0v) is 16.9. The molecule has 134 valence electrons. The summed E-state index contributed by atoms with van der Waals surface area (Å²) in [6, 6.07) is 15.0. The number of nitrogens with one attached hydrogen (secondary N) is 1. The molecule has 4 nitrogen and oxygen atoms in total. The van der Waals surface area contributed by atoms with Crippen molar-refractivity contribution in [3.8, 4) is 5.75 Å². The van der Waals surface area contributed by atoms with Gasteiger partial charge in [-0.05, 0) is 37.6 Å². The van der Waals surface area contributed by atoms with Gasteiger partial charge in [-0.1, -0.05) is 46.3 Å². The van der Waals surface area contributed by atoms with Gasteiger partial charge in [0.15, 0.2) is 0 Å². The minimum absolute atomic E-state index is 0.132. The summed E-state index contributed by atoms with van der Waals surface area (Å²) in [6.07, 6.45) is 0. The van der Waals surface area contributed by atoms with Crippen LogP contribution in [-0.4, -0.2) is 10.9 Å². The molecule has 26 heavy (non-hydrogen) atoms. The molecular formula is C20H19BrN2O2S. The first kappa shape index (κ1) is 18.6. The predicted octanol–water partition coefficient (Wildman–Crippen LogP) is 5.28. The molecule has 1 N–H and O–H groups in total. The van der Waals surface area contributed by atoms with Crippen LogP contribution >= 0.6 is 27.3 Å². The van der Waals surface area contributed by atoms with Crippen LogP contribution in [0.25, 0.3) is 0 Å². The molecule has 1 aromatic heterocycles. The van der Waals surface area contributed by atoms with Gasteiger partial charge in [-0.2, -0.15) is 0 Å². The maximum atomic E-state index is 12.8. The van der Waals surface area contributed by atoms with Crippen molar-refractivity contribution in [1.29, 1.82) is 0 Å². The molecule has 1 atom stereocenters. The van der Waals surface area contributed by atoms with Gasteiger partial charge in [0.05, 0.1) is 22.3 Å². The number of benzene rings is 2. The number of carbonyl (C=O) groups is 1. The fourth-order valence-electron chi connectivity index (χ4n) is 2.58. The number of aryl methyl sites for hydroxylation is 1. The van der Waals surface area contributed by atoms with Crippen molar-refractivity contribution in [1.82, 2.24) is 10.3 Å². The van der Waals surface area contributed by atoms with Crippen molar-refractivity contribution >= 4 is 33.2 Å². The number of rotatable bonds is 6. The molecule has 1 heterocycles. The molecule has 0 saturated carbocycles. The Morgan fingerprint density at radius 1 is 1.23 bits per heavy atom. The van der Waals surface area contributed by atoms with Gasteiger partial charge in [-0.3, -0.25) is 4.79 Å². The van der Waals surface area contributed by atoms with Crippen LogP contribution in [0, 0.1) is 6.92 Å². The van der Waals surface area contributed by atoms with Gasteiger partial charge in [-0.25, -0.2) is 4.98 Å². The smallest absolute Gasteiger partial charge is 0.255 e. The molecule has 0 aliphatic heterocycles. The zero-order valence-electron chi connectivity index (χ0n) is 14.5. The van der Waals surface area contributed by atoms with Gasteiger partial charge in [0.1, 0.15) is 12.4 Å². The number of para-hydroxylation sites is 1. The van der Waals surface area contributed by atoms with E-state index in [9.17, 15) is 4.79 Å². The molecule has 0 radical (unpaired) electrons. The van der Waals surface area contributed by atoms with Gasteiger partial charge in [0, 0.05) is 9.85 Å². The van der Waals surface area contributed by atoms with Crippen LogP contribution in [0.3, 0.4) is 0 Å². The van der Waals surface area contributed by atoms with Gasteiger partial charge in [0.2, 0.25) is 0 Å². The van der Waals surface area contributed by atoms with E-state index in [1.54, 1.807) is 23.5 Å². The first-order valence-corrected chi connectivity index (χ1v) is 9.90. The summed E-state index contributed by atoms with van der Waals surface area (Å²) in [5, 5.41) is 6.00. The predicted molar refractivity (Wildman–Crippen MR) is 108 cm³/mol. The Balaban J connectivity index is 1.72. The molecule has 0 aliphatic carbocycles. The fourth-order valence-corrected chi connectivity index (χ4v) is 3.81. The molecule has 0 saturated heterocycles. The highest BCUT2D eigenvalue weighted by molar-refractivity contribution is 9.10. The van der Waals surface area contributed by atoms with E-state index in [-0.39, 0.29) is 11.9 Å². The number of ether oxygens (including phenoxy) is 1. The third kappa shape index (κ3) is 4.51. The number of carbonyl (C=O) groups excluding carboxylic acids is 1. The summed E-state index contributed by atoms with van der Waals surface area (Å²) in [7, 11) is 0. The Morgan fingerprint density at radius 3 is 2.69 bits per heavy atom. The summed E-state index contributed by atoms with van der Waals surface area (Å²) in [5.41, 5.74) is 2.40. The molecule has 3 aromatic rings. The van der Waals surface area contributed by atoms with Gasteiger partial charge < -0.3 is 10.1 Å². The van der Waals surface area contributed by atoms with Crippen molar-refractivity contribution in [2.24, 2.45) is 0 Å². The highest BCUT2D eigenvalue weighted by Crippen LogP contribution is 2.25. The first-order valence-electron chi connectivity index (χ1n) is 8.22. The monoisotopic (exact) mass is 430 g/mol. The molecule has 0 fully saturated rings. The number of thiazole rings is 1. The van der Waals surface area contributed by atoms with Crippen molar-refractivity contribution < 1.29 is 9.53 Å². The molecule has 0 bridgehead atoms. The van der Waals surface area contributed by atoms with Crippen LogP contribution in [0.1, 0.15) is 39.6 Å². The van der Waals surface area contributed by atoms with E-state index in [4.69, 9.17) is 4.74 Å². The van der Waals surface area contributed by atoms with Crippen LogP contribution in [0.4, 0.5) is 0 Å². The van der Waals surface area contributed by atoms with Crippen molar-refractivity contribution in [2.45, 2.75) is 26.5 Å². The minimum Gasteiger partial charge on any atom is -0.486 e. The summed E-state index contributed by atoms with van der Waals surface area (Å²) in [5.74, 6) is 0.383. The average molecular weight is 431 g/mol. The molecule has 1 unspecified atom stereocenters. The lowest BCUT2D eigenvalue weighted by atomic mass is 10.1. The molecule has 2 aromatic carbocycles. The Labute approximate surface area is 165 Å². The quantitative estimate of drug-likeness (QED) is 0.578. The normalized spacial score (nSPS) is 11.8. The standard InChI is InChI=1S/C20H19BrN2O2S/c1-13(16-7-3-5-9-18(16)21)22-20(24)17-8-4-6-10-19(17)25-11-15-12-26-14(2)23-15/h3-10,12-13H,11H2,1-2H3,(H,22,24). The fraction of sp³-hybridized carbons (Fsp3) is 0.200. The van der Waals surface area contributed by atoms with E-state index in [1.807, 2.05) is 55.6 Å². The van der Waals surface area contributed by atoms with Crippen LogP contribution in [0.15, 0.2) is 58.4 Å². The second-order valence-corrected chi connectivity index (χ2v) is 7.78. The number of nitrogens with zero attached hydrogens (tertiary/aromatic N) is 1. The average Bonchev–Trinajstić information content (AvgIpc) is 3.05. The Morgan fingerprint density at radius 2 is 1.96 bits per heavy atom. The largest absolute Gasteiger partial charge is 0.486 e. The van der Waals surface area contributed by atoms with Crippen molar-refractivity contribution in [3.05, 3.63) is 80.2 Å². The second kappa shape index (κ2) is 8.47. The minimum atomic E-state index is -0.168. The van der Waals surface area contributed by atoms with E-state index >= 15 is 0 Å². The summed E-state index contributed by atoms with van der Waals surface area (Å²) in [6.45, 7) is 4.26. The molecule has 0 aliphatic rings. The number of halogens is 1. The SMILES string of the molecule is Cc1nc(COc2ccccc2C(=O)NC(C)c2ccccc2Br)cs1. The topological polar surface area (TPSA) is 51.2 Å². The lowest BCUT2D eigenvalue weighted by molar-refractivity contribution is 0.0935. The van der Waals surface area contributed by atoms with Crippen LogP contribution in [0.2, 0.25) is 0 Å². The van der Waals surface area contributed by atoms with E-state index < -0.39 is 0 Å². The highest BCUT2D eigenvalue weighted by atomic mass is 79.9. The number of aromatic nitrogens is 1. The maximum Gasteiger partial charge on any atom is 0.255 e. The van der Waals surface area contributed by atoms with Crippen LogP contribution in [0.5, 0.6) is 5.75 Å². The Bertz CT molecular complexity index is 910. The zero-order chi connectivity index (χ0) is 18.5. The summed E-state index contributed by atoms with van der Waals surface area (Å²) >= 11 is 5.11. The number of hydrogen-bond acceptors (Lipinski definition) is 4. The maximum absolute atomic E-state index is 12.8. The van der Waals surface area contributed by atoms with E-state index in [2.05, 4.69) is 26.2 Å². The molecule has 1 amide bonds. The number of amides is 1. The third-order valence-corrected chi connectivity index (χ3v) is 5.44. The van der Waals surface area contributed by atoms with E-state index in [1.165, 1.54) is 0 Å². The van der Waals surface area contributed by atoms with Crippen molar-refractivity contribution in [3.63, 3.8) is 0 Å². The molecule has 0 spiro atoms. The van der Waals surface area contributed by atoms with E-state index in [0.717, 1.165) is 20.7 Å². The van der Waals surface area contributed by atoms with E-state index in [0.29, 0.717) is 17.9 Å². The summed E-state index contributed by atoms with van der Waals surface area (Å²) in [4.78, 5) is 17.1.